The molecule has 1 heterocycles. The highest BCUT2D eigenvalue weighted by molar-refractivity contribution is 5.08. The molecule has 0 amide bonds. The fourth-order valence-corrected chi connectivity index (χ4v) is 3.54. The van der Waals surface area contributed by atoms with Crippen molar-refractivity contribution in [3.63, 3.8) is 0 Å². The normalized spacial score (nSPS) is 34.2. The Morgan fingerprint density at radius 2 is 1.76 bits per heavy atom. The Hall–Kier alpha value is -0.0800. The van der Waals surface area contributed by atoms with Crippen LogP contribution in [0.2, 0.25) is 0 Å². The zero-order valence-corrected chi connectivity index (χ0v) is 12.3. The zero-order chi connectivity index (χ0) is 12.7. The first kappa shape index (κ1) is 13.4. The predicted molar refractivity (Wildman–Crippen MR) is 74.3 cm³/mol. The number of nitrogens with one attached hydrogen (secondary N) is 1. The van der Waals surface area contributed by atoms with E-state index in [0.29, 0.717) is 5.54 Å². The summed E-state index contributed by atoms with van der Waals surface area (Å²) in [6.07, 6.45) is 5.45. The molecule has 2 fully saturated rings. The van der Waals surface area contributed by atoms with Gasteiger partial charge in [0, 0.05) is 30.2 Å². The highest BCUT2D eigenvalue weighted by Crippen LogP contribution is 2.46. The molecule has 1 saturated carbocycles. The highest BCUT2D eigenvalue weighted by Gasteiger charge is 2.51. The van der Waals surface area contributed by atoms with Crippen molar-refractivity contribution in [2.45, 2.75) is 77.4 Å². The van der Waals surface area contributed by atoms with Gasteiger partial charge in [-0.3, -0.25) is 4.90 Å². The molecule has 0 aromatic heterocycles. The molecule has 2 heteroatoms. The minimum absolute atomic E-state index is 0.275. The minimum Gasteiger partial charge on any atom is -0.309 e. The fraction of sp³-hybridized carbons (Fsp3) is 1.00. The number of nitrogens with zero attached hydrogens (tertiary/aromatic N) is 1. The fourth-order valence-electron chi connectivity index (χ4n) is 3.54. The van der Waals surface area contributed by atoms with Crippen molar-refractivity contribution in [1.29, 1.82) is 0 Å². The molecule has 2 nitrogen and oxygen atoms in total. The molecule has 17 heavy (non-hydrogen) atoms. The molecular formula is C15H30N2. The van der Waals surface area contributed by atoms with Crippen LogP contribution >= 0.6 is 0 Å². The van der Waals surface area contributed by atoms with Gasteiger partial charge in [0.15, 0.2) is 0 Å². The lowest BCUT2D eigenvalue weighted by atomic mass is 9.84. The van der Waals surface area contributed by atoms with Gasteiger partial charge in [0.2, 0.25) is 0 Å². The molecule has 0 aromatic carbocycles. The van der Waals surface area contributed by atoms with E-state index >= 15 is 0 Å². The van der Waals surface area contributed by atoms with Crippen molar-refractivity contribution in [2.75, 3.05) is 13.1 Å². The van der Waals surface area contributed by atoms with E-state index in [2.05, 4.69) is 44.8 Å². The van der Waals surface area contributed by atoms with Crippen LogP contribution in [0.5, 0.6) is 0 Å². The first-order valence-corrected chi connectivity index (χ1v) is 7.44. The Morgan fingerprint density at radius 1 is 1.18 bits per heavy atom. The quantitative estimate of drug-likeness (QED) is 0.810. The molecule has 1 unspecified atom stereocenters. The Kier molecular flexibility index (Phi) is 3.57. The van der Waals surface area contributed by atoms with Crippen LogP contribution in [0, 0.1) is 5.92 Å². The molecule has 0 radical (unpaired) electrons. The van der Waals surface area contributed by atoms with Gasteiger partial charge in [-0.15, -0.1) is 0 Å². The van der Waals surface area contributed by atoms with Crippen molar-refractivity contribution >= 4 is 0 Å². The van der Waals surface area contributed by atoms with Gasteiger partial charge in [0.25, 0.3) is 0 Å². The first-order chi connectivity index (χ1) is 7.93. The van der Waals surface area contributed by atoms with Gasteiger partial charge in [0.1, 0.15) is 0 Å². The van der Waals surface area contributed by atoms with Crippen LogP contribution in [-0.2, 0) is 0 Å². The molecule has 0 aromatic rings. The van der Waals surface area contributed by atoms with E-state index in [1.165, 1.54) is 38.8 Å². The van der Waals surface area contributed by atoms with Crippen LogP contribution in [0.15, 0.2) is 0 Å². The van der Waals surface area contributed by atoms with Crippen LogP contribution in [0.25, 0.3) is 0 Å². The van der Waals surface area contributed by atoms with E-state index in [0.717, 1.165) is 12.0 Å². The predicted octanol–water partition coefficient (Wildman–Crippen LogP) is 3.03. The summed E-state index contributed by atoms with van der Waals surface area (Å²) in [5.74, 6) is 0.937. The number of hydrogen-bond donors (Lipinski definition) is 1. The third-order valence-corrected chi connectivity index (χ3v) is 4.99. The van der Waals surface area contributed by atoms with E-state index in [4.69, 9.17) is 0 Å². The molecule has 1 atom stereocenters. The highest BCUT2D eigenvalue weighted by atomic mass is 15.3. The summed E-state index contributed by atoms with van der Waals surface area (Å²) < 4.78 is 0. The van der Waals surface area contributed by atoms with Gasteiger partial charge in [-0.1, -0.05) is 13.8 Å². The van der Waals surface area contributed by atoms with Gasteiger partial charge in [-0.2, -0.15) is 0 Å². The van der Waals surface area contributed by atoms with E-state index < -0.39 is 0 Å². The van der Waals surface area contributed by atoms with E-state index in [-0.39, 0.29) is 5.54 Å². The van der Waals surface area contributed by atoms with Gasteiger partial charge in [-0.05, 0) is 52.4 Å². The van der Waals surface area contributed by atoms with Gasteiger partial charge >= 0.3 is 0 Å². The summed E-state index contributed by atoms with van der Waals surface area (Å²) in [7, 11) is 0. The molecule has 100 valence electrons. The Morgan fingerprint density at radius 3 is 2.24 bits per heavy atom. The lowest BCUT2D eigenvalue weighted by Crippen LogP contribution is -2.70. The van der Waals surface area contributed by atoms with Crippen LogP contribution in [-0.4, -0.2) is 35.1 Å². The van der Waals surface area contributed by atoms with Crippen molar-refractivity contribution in [1.82, 2.24) is 10.2 Å². The monoisotopic (exact) mass is 238 g/mol. The Balaban J connectivity index is 2.19. The molecule has 2 aliphatic rings. The van der Waals surface area contributed by atoms with Crippen LogP contribution < -0.4 is 5.32 Å². The van der Waals surface area contributed by atoms with Crippen molar-refractivity contribution < 1.29 is 0 Å². The topological polar surface area (TPSA) is 15.3 Å². The average molecular weight is 238 g/mol. The van der Waals surface area contributed by atoms with E-state index in [1.807, 2.05) is 0 Å². The van der Waals surface area contributed by atoms with Gasteiger partial charge in [-0.25, -0.2) is 0 Å². The summed E-state index contributed by atoms with van der Waals surface area (Å²) in [6.45, 7) is 14.2. The van der Waals surface area contributed by atoms with Gasteiger partial charge < -0.3 is 5.32 Å². The number of piperazine rings is 1. The number of hydrogen-bond acceptors (Lipinski definition) is 2. The first-order valence-electron chi connectivity index (χ1n) is 7.44. The molecule has 1 aliphatic carbocycles. The van der Waals surface area contributed by atoms with Crippen molar-refractivity contribution in [3.05, 3.63) is 0 Å². The molecule has 2 rings (SSSR count). The van der Waals surface area contributed by atoms with Crippen LogP contribution in [0.3, 0.4) is 0 Å². The molecule has 1 aliphatic heterocycles. The maximum absolute atomic E-state index is 3.76. The SMILES string of the molecule is CCC(CC)N1CC(C)(C)NCC1(C)C1CC1. The average Bonchev–Trinajstić information content (AvgIpc) is 3.09. The molecule has 0 bridgehead atoms. The van der Waals surface area contributed by atoms with Crippen molar-refractivity contribution in [3.8, 4) is 0 Å². The molecular weight excluding hydrogens is 208 g/mol. The number of rotatable bonds is 4. The smallest absolute Gasteiger partial charge is 0.0337 e. The second-order valence-electron chi connectivity index (χ2n) is 6.97. The lowest BCUT2D eigenvalue weighted by molar-refractivity contribution is -0.0240. The second-order valence-corrected chi connectivity index (χ2v) is 6.97. The molecule has 0 spiro atoms. The maximum Gasteiger partial charge on any atom is 0.0337 e. The standard InChI is InChI=1S/C15H30N2/c1-6-13(7-2)17-11-14(3,4)16-10-15(17,5)12-8-9-12/h12-13,16H,6-11H2,1-5H3. The summed E-state index contributed by atoms with van der Waals surface area (Å²) in [6, 6.07) is 0.766. The summed E-state index contributed by atoms with van der Waals surface area (Å²) in [5, 5.41) is 3.76. The third-order valence-electron chi connectivity index (χ3n) is 4.99. The summed E-state index contributed by atoms with van der Waals surface area (Å²) >= 11 is 0. The largest absolute Gasteiger partial charge is 0.309 e. The zero-order valence-electron chi connectivity index (χ0n) is 12.3. The third kappa shape index (κ3) is 2.53. The summed E-state index contributed by atoms with van der Waals surface area (Å²) in [4.78, 5) is 2.83. The Bertz CT molecular complexity index is 266. The van der Waals surface area contributed by atoms with Crippen LogP contribution in [0.1, 0.15) is 60.3 Å². The van der Waals surface area contributed by atoms with Crippen molar-refractivity contribution in [2.24, 2.45) is 5.92 Å². The maximum atomic E-state index is 3.76. The van der Waals surface area contributed by atoms with Crippen LogP contribution in [0.4, 0.5) is 0 Å². The molecule has 1 saturated heterocycles. The second kappa shape index (κ2) is 4.55. The van der Waals surface area contributed by atoms with E-state index in [9.17, 15) is 0 Å². The Labute approximate surface area is 107 Å². The van der Waals surface area contributed by atoms with E-state index in [1.54, 1.807) is 0 Å². The lowest BCUT2D eigenvalue weighted by Gasteiger charge is -2.54. The minimum atomic E-state index is 0.275. The molecule has 1 N–H and O–H groups in total. The summed E-state index contributed by atoms with van der Waals surface area (Å²) in [5.41, 5.74) is 0.684. The van der Waals surface area contributed by atoms with Gasteiger partial charge in [0.05, 0.1) is 0 Å².